The van der Waals surface area contributed by atoms with Crippen LogP contribution in [0.5, 0.6) is 0 Å². The van der Waals surface area contributed by atoms with Crippen molar-refractivity contribution in [3.8, 4) is 11.1 Å². The second kappa shape index (κ2) is 15.9. The van der Waals surface area contributed by atoms with Gasteiger partial charge in [-0.25, -0.2) is 4.79 Å². The Balaban J connectivity index is 1.28. The lowest BCUT2D eigenvalue weighted by molar-refractivity contribution is -0.268. The molecule has 0 bridgehead atoms. The summed E-state index contributed by atoms with van der Waals surface area (Å²) in [4.78, 5) is 12.5. The molecule has 0 aromatic heterocycles. The number of aliphatic hydroxyl groups is 2. The van der Waals surface area contributed by atoms with Crippen LogP contribution in [0.4, 0.5) is 4.79 Å². The average molecular weight is 613 g/mol. The first-order valence-electron chi connectivity index (χ1n) is 15.0. The number of aliphatic hydroxyl groups excluding tert-OH is 2. The lowest BCUT2D eigenvalue weighted by Crippen LogP contribution is -2.38. The van der Waals surface area contributed by atoms with Gasteiger partial charge in [-0.05, 0) is 33.4 Å². The molecule has 0 aliphatic carbocycles. The van der Waals surface area contributed by atoms with E-state index in [1.165, 1.54) is 0 Å². The molecule has 4 aromatic rings. The van der Waals surface area contributed by atoms with E-state index in [1.807, 2.05) is 84.9 Å². The Morgan fingerprint density at radius 1 is 0.773 bits per heavy atom. The summed E-state index contributed by atoms with van der Waals surface area (Å²) < 4.78 is 13.1. The zero-order valence-electron chi connectivity index (χ0n) is 24.9. The summed E-state index contributed by atoms with van der Waals surface area (Å²) in [5.41, 5.74) is 6.97. The van der Waals surface area contributed by atoms with Gasteiger partial charge in [-0.1, -0.05) is 110 Å². The molecule has 1 aliphatic rings. The van der Waals surface area contributed by atoms with E-state index >= 15 is 0 Å². The molecule has 0 radical (unpaired) electrons. The molecule has 1 fully saturated rings. The van der Waals surface area contributed by atoms with Gasteiger partial charge in [-0.15, -0.1) is 0 Å². The van der Waals surface area contributed by atoms with Crippen LogP contribution >= 0.6 is 11.8 Å². The van der Waals surface area contributed by atoms with Crippen molar-refractivity contribution < 1.29 is 24.5 Å². The maximum atomic E-state index is 12.5. The molecule has 4 aromatic carbocycles. The Hall–Kier alpha value is -3.66. The third-order valence-electron chi connectivity index (χ3n) is 7.89. The molecule has 44 heavy (non-hydrogen) atoms. The van der Waals surface area contributed by atoms with Gasteiger partial charge >= 0.3 is 6.03 Å². The first-order chi connectivity index (χ1) is 21.6. The van der Waals surface area contributed by atoms with Crippen LogP contribution in [0.3, 0.4) is 0 Å². The van der Waals surface area contributed by atoms with Crippen LogP contribution in [0, 0.1) is 5.92 Å². The summed E-state index contributed by atoms with van der Waals surface area (Å²) in [6.45, 7) is 3.14. The molecule has 4 unspecified atom stereocenters. The fourth-order valence-corrected chi connectivity index (χ4v) is 6.28. The molecule has 1 heterocycles. The Bertz CT molecular complexity index is 1470. The molecule has 2 amide bonds. The number of carbonyl (C=O) groups excluding carboxylic acids is 1. The summed E-state index contributed by atoms with van der Waals surface area (Å²) in [6.07, 6.45) is -0.791. The van der Waals surface area contributed by atoms with E-state index in [0.29, 0.717) is 18.8 Å². The molecule has 230 valence electrons. The third-order valence-corrected chi connectivity index (χ3v) is 8.92. The number of urea groups is 1. The van der Waals surface area contributed by atoms with Gasteiger partial charge in [-0.3, -0.25) is 0 Å². The van der Waals surface area contributed by atoms with Crippen molar-refractivity contribution in [2.24, 2.45) is 5.92 Å². The Morgan fingerprint density at radius 3 is 2.18 bits per heavy atom. The maximum Gasteiger partial charge on any atom is 0.315 e. The van der Waals surface area contributed by atoms with Gasteiger partial charge < -0.3 is 30.3 Å². The number of thioether (sulfide) groups is 1. The fraction of sp³-hybridized carbons (Fsp3) is 0.306. The molecular formula is C36H40N2O5S. The van der Waals surface area contributed by atoms with Gasteiger partial charge in [0, 0.05) is 36.1 Å². The first-order valence-corrected chi connectivity index (χ1v) is 16.1. The number of hydrogen-bond donors (Lipinski definition) is 4. The molecule has 1 aliphatic heterocycles. The van der Waals surface area contributed by atoms with Gasteiger partial charge in [0.05, 0.1) is 25.4 Å². The predicted octanol–water partition coefficient (Wildman–Crippen LogP) is 6.36. The summed E-state index contributed by atoms with van der Waals surface area (Å²) in [5.74, 6) is 1.51. The summed E-state index contributed by atoms with van der Waals surface area (Å²) in [5, 5.41) is 24.7. The van der Waals surface area contributed by atoms with E-state index < -0.39 is 6.29 Å². The minimum absolute atomic E-state index is 0.000509. The number of amides is 2. The normalized spacial score (nSPS) is 19.8. The number of rotatable bonds is 12. The van der Waals surface area contributed by atoms with E-state index in [-0.39, 0.29) is 37.4 Å². The van der Waals surface area contributed by atoms with Gasteiger partial charge in [0.2, 0.25) is 0 Å². The number of carbonyl (C=O) groups is 1. The van der Waals surface area contributed by atoms with Crippen LogP contribution in [0.15, 0.2) is 103 Å². The highest BCUT2D eigenvalue weighted by atomic mass is 32.2. The van der Waals surface area contributed by atoms with E-state index in [1.54, 1.807) is 11.8 Å². The Kier molecular flexibility index (Phi) is 11.5. The predicted molar refractivity (Wildman–Crippen MR) is 175 cm³/mol. The standard InChI is InChI=1S/C36H40N2O5S/c1-25-33(24-44-20-19-39)42-35(43-34(25)29-13-11-27(23-40)12-14-29)30-17-15-28(16-18-30)32-10-6-5-9-31(32)22-38-36(41)37-21-26-7-3-2-4-8-26/h2-18,25,33-35,39-40H,19-24H2,1H3,(H2,37,38,41). The Morgan fingerprint density at radius 2 is 1.45 bits per heavy atom. The van der Waals surface area contributed by atoms with Crippen LogP contribution in [0.25, 0.3) is 11.1 Å². The lowest BCUT2D eigenvalue weighted by atomic mass is 9.91. The van der Waals surface area contributed by atoms with Crippen LogP contribution in [0.1, 0.15) is 47.1 Å². The van der Waals surface area contributed by atoms with Crippen molar-refractivity contribution in [3.63, 3.8) is 0 Å². The van der Waals surface area contributed by atoms with Crippen molar-refractivity contribution in [1.82, 2.24) is 10.6 Å². The SMILES string of the molecule is CC1C(CSCCO)OC(c2ccc(-c3ccccc3CNC(=O)NCc3ccccc3)cc2)OC1c1ccc(CO)cc1. The minimum Gasteiger partial charge on any atom is -0.396 e. The number of benzene rings is 4. The van der Waals surface area contributed by atoms with Crippen LogP contribution < -0.4 is 10.6 Å². The van der Waals surface area contributed by atoms with Gasteiger partial charge in [0.25, 0.3) is 0 Å². The van der Waals surface area contributed by atoms with Crippen molar-refractivity contribution in [3.05, 3.63) is 131 Å². The average Bonchev–Trinajstić information content (AvgIpc) is 3.08. The van der Waals surface area contributed by atoms with Crippen molar-refractivity contribution in [1.29, 1.82) is 0 Å². The van der Waals surface area contributed by atoms with Crippen molar-refractivity contribution >= 4 is 17.8 Å². The quantitative estimate of drug-likeness (QED) is 0.139. The van der Waals surface area contributed by atoms with Crippen molar-refractivity contribution in [2.45, 2.75) is 45.1 Å². The molecule has 4 N–H and O–H groups in total. The number of hydrogen-bond acceptors (Lipinski definition) is 6. The summed E-state index contributed by atoms with van der Waals surface area (Å²) in [6, 6.07) is 33.8. The van der Waals surface area contributed by atoms with E-state index in [0.717, 1.165) is 44.7 Å². The molecule has 8 heteroatoms. The topological polar surface area (TPSA) is 100 Å². The minimum atomic E-state index is -0.548. The summed E-state index contributed by atoms with van der Waals surface area (Å²) in [7, 11) is 0. The molecular weight excluding hydrogens is 572 g/mol. The van der Waals surface area contributed by atoms with Crippen molar-refractivity contribution in [2.75, 3.05) is 18.1 Å². The second-order valence-electron chi connectivity index (χ2n) is 10.9. The highest BCUT2D eigenvalue weighted by Gasteiger charge is 2.38. The monoisotopic (exact) mass is 612 g/mol. The van der Waals surface area contributed by atoms with Gasteiger partial charge in [0.15, 0.2) is 6.29 Å². The second-order valence-corrected chi connectivity index (χ2v) is 12.1. The molecule has 4 atom stereocenters. The van der Waals surface area contributed by atoms with E-state index in [9.17, 15) is 15.0 Å². The maximum absolute atomic E-state index is 12.5. The highest BCUT2D eigenvalue weighted by Crippen LogP contribution is 2.42. The van der Waals surface area contributed by atoms with Crippen LogP contribution in [0.2, 0.25) is 0 Å². The zero-order chi connectivity index (χ0) is 30.7. The van der Waals surface area contributed by atoms with E-state index in [4.69, 9.17) is 9.47 Å². The van der Waals surface area contributed by atoms with Crippen LogP contribution in [-0.4, -0.2) is 40.5 Å². The van der Waals surface area contributed by atoms with E-state index in [2.05, 4.69) is 35.8 Å². The number of ether oxygens (including phenoxy) is 2. The first kappa shape index (κ1) is 31.8. The largest absolute Gasteiger partial charge is 0.396 e. The third kappa shape index (κ3) is 8.28. The highest BCUT2D eigenvalue weighted by molar-refractivity contribution is 7.99. The molecule has 5 rings (SSSR count). The zero-order valence-corrected chi connectivity index (χ0v) is 25.7. The van der Waals surface area contributed by atoms with Gasteiger partial charge in [0.1, 0.15) is 0 Å². The lowest BCUT2D eigenvalue weighted by Gasteiger charge is -2.41. The fourth-order valence-electron chi connectivity index (χ4n) is 5.37. The Labute approximate surface area is 263 Å². The smallest absolute Gasteiger partial charge is 0.315 e. The molecule has 0 spiro atoms. The number of nitrogens with one attached hydrogen (secondary N) is 2. The molecule has 7 nitrogen and oxygen atoms in total. The summed E-state index contributed by atoms with van der Waals surface area (Å²) >= 11 is 1.68. The van der Waals surface area contributed by atoms with Gasteiger partial charge in [-0.2, -0.15) is 11.8 Å². The molecule has 1 saturated heterocycles. The van der Waals surface area contributed by atoms with Crippen LogP contribution in [-0.2, 0) is 29.2 Å². The molecule has 0 saturated carbocycles.